The van der Waals surface area contributed by atoms with Gasteiger partial charge in [-0.25, -0.2) is 9.37 Å². The zero-order valence-electron chi connectivity index (χ0n) is 20.9. The van der Waals surface area contributed by atoms with Crippen LogP contribution in [0.1, 0.15) is 28.6 Å². The highest BCUT2D eigenvalue weighted by atomic mass is 32.2. The van der Waals surface area contributed by atoms with E-state index in [0.29, 0.717) is 32.7 Å². The van der Waals surface area contributed by atoms with Crippen LogP contribution >= 0.6 is 23.1 Å². The van der Waals surface area contributed by atoms with Crippen molar-refractivity contribution in [3.63, 3.8) is 0 Å². The molecule has 1 unspecified atom stereocenters. The molecule has 4 heterocycles. The lowest BCUT2D eigenvalue weighted by molar-refractivity contribution is -0.132. The number of aromatic hydroxyl groups is 1. The number of halogens is 1. The van der Waals surface area contributed by atoms with E-state index in [9.17, 15) is 24.2 Å². The molecular formula is C28H20FN5O4S2. The van der Waals surface area contributed by atoms with E-state index in [4.69, 9.17) is 0 Å². The summed E-state index contributed by atoms with van der Waals surface area (Å²) in [5.74, 6) is -1.92. The number of anilines is 1. The number of ketones is 1. The first-order chi connectivity index (χ1) is 19.3. The summed E-state index contributed by atoms with van der Waals surface area (Å²) in [4.78, 5) is 32.7. The second kappa shape index (κ2) is 10.2. The molecule has 1 aliphatic heterocycles. The molecule has 9 nitrogen and oxygen atoms in total. The minimum atomic E-state index is -1.03. The molecule has 0 aliphatic carbocycles. The van der Waals surface area contributed by atoms with Gasteiger partial charge >= 0.3 is 5.91 Å². The van der Waals surface area contributed by atoms with Gasteiger partial charge < -0.3 is 10.2 Å². The molecule has 1 fully saturated rings. The summed E-state index contributed by atoms with van der Waals surface area (Å²) in [6, 6.07) is 16.5. The maximum Gasteiger partial charge on any atom is 0.301 e. The predicted octanol–water partition coefficient (Wildman–Crippen LogP) is 5.26. The number of hydrogen-bond acceptors (Lipinski definition) is 9. The number of amides is 1. The van der Waals surface area contributed by atoms with Gasteiger partial charge in [0.2, 0.25) is 5.13 Å². The summed E-state index contributed by atoms with van der Waals surface area (Å²) in [7, 11) is 0. The first-order valence-electron chi connectivity index (χ1n) is 12.1. The minimum absolute atomic E-state index is 0.00808. The minimum Gasteiger partial charge on any atom is -0.508 e. The van der Waals surface area contributed by atoms with E-state index in [0.717, 1.165) is 16.9 Å². The monoisotopic (exact) mass is 573 g/mol. The highest BCUT2D eigenvalue weighted by molar-refractivity contribution is 8.00. The first-order valence-corrected chi connectivity index (χ1v) is 13.9. The number of carbonyl (C=O) groups is 2. The number of thioether (sulfide) groups is 1. The molecule has 1 aliphatic rings. The third kappa shape index (κ3) is 4.50. The van der Waals surface area contributed by atoms with Gasteiger partial charge in [-0.1, -0.05) is 53.4 Å². The Morgan fingerprint density at radius 1 is 1.05 bits per heavy atom. The number of aryl methyl sites for hydroxylation is 1. The van der Waals surface area contributed by atoms with E-state index in [2.05, 4.69) is 15.2 Å². The fourth-order valence-corrected chi connectivity index (χ4v) is 6.44. The number of aliphatic hydroxyl groups is 1. The largest absolute Gasteiger partial charge is 0.508 e. The molecule has 2 N–H and O–H groups in total. The molecule has 5 aromatic rings. The van der Waals surface area contributed by atoms with Gasteiger partial charge in [-0.3, -0.25) is 18.9 Å². The van der Waals surface area contributed by atoms with Crippen molar-refractivity contribution in [3.8, 4) is 5.75 Å². The summed E-state index contributed by atoms with van der Waals surface area (Å²) in [5.41, 5.74) is 2.60. The maximum atomic E-state index is 13.5. The number of imidazole rings is 1. The Hall–Kier alpha value is -4.55. The van der Waals surface area contributed by atoms with Crippen molar-refractivity contribution in [2.24, 2.45) is 0 Å². The average Bonchev–Trinajstić information content (AvgIpc) is 3.62. The maximum absolute atomic E-state index is 13.5. The zero-order chi connectivity index (χ0) is 28.0. The normalized spacial score (nSPS) is 16.8. The fraction of sp³-hybridized carbons (Fsp3) is 0.107. The van der Waals surface area contributed by atoms with Gasteiger partial charge in [0.15, 0.2) is 10.1 Å². The molecule has 0 radical (unpaired) electrons. The standard InChI is InChI=1S/C28H20FN5O4S2/c1-15-22(33-13-3-2-4-20(33)30-15)24(36)21-23(17-7-11-19(35)12-8-17)34(26(38)25(21)37)27-31-32-28(40-27)39-14-16-5-9-18(29)10-6-16/h2-13,23,35-36H,14H2,1H3/b24-21+. The van der Waals surface area contributed by atoms with Crippen LogP contribution in [0.4, 0.5) is 9.52 Å². The summed E-state index contributed by atoms with van der Waals surface area (Å²) >= 11 is 2.49. The number of pyridine rings is 1. The first kappa shape index (κ1) is 25.7. The quantitative estimate of drug-likeness (QED) is 0.0928. The Bertz CT molecular complexity index is 1800. The van der Waals surface area contributed by atoms with E-state index in [1.165, 1.54) is 40.9 Å². The highest BCUT2D eigenvalue weighted by Gasteiger charge is 2.48. The molecule has 2 aromatic carbocycles. The van der Waals surface area contributed by atoms with Gasteiger partial charge in [0.25, 0.3) is 5.78 Å². The predicted molar refractivity (Wildman–Crippen MR) is 149 cm³/mol. The molecule has 12 heteroatoms. The number of phenols is 1. The average molecular weight is 574 g/mol. The second-order valence-corrected chi connectivity index (χ2v) is 11.2. The van der Waals surface area contributed by atoms with Crippen molar-refractivity contribution in [1.29, 1.82) is 0 Å². The van der Waals surface area contributed by atoms with Gasteiger partial charge in [0, 0.05) is 11.9 Å². The molecule has 200 valence electrons. The van der Waals surface area contributed by atoms with Crippen molar-refractivity contribution in [2.75, 3.05) is 4.90 Å². The van der Waals surface area contributed by atoms with E-state index in [1.807, 2.05) is 6.07 Å². The molecule has 0 spiro atoms. The third-order valence-electron chi connectivity index (χ3n) is 6.46. The van der Waals surface area contributed by atoms with E-state index < -0.39 is 17.7 Å². The highest BCUT2D eigenvalue weighted by Crippen LogP contribution is 2.44. The van der Waals surface area contributed by atoms with Crippen LogP contribution in [0, 0.1) is 12.7 Å². The van der Waals surface area contributed by atoms with Crippen LogP contribution in [0.3, 0.4) is 0 Å². The van der Waals surface area contributed by atoms with Crippen molar-refractivity contribution in [1.82, 2.24) is 19.6 Å². The number of Topliss-reactive ketones (excluding diaryl/α,β-unsaturated/α-hetero) is 1. The SMILES string of the molecule is Cc1nc2ccccn2c1/C(O)=C1\C(=O)C(=O)N(c2nnc(SCc3ccc(F)cc3)s2)C1c1ccc(O)cc1. The van der Waals surface area contributed by atoms with Gasteiger partial charge in [0.05, 0.1) is 17.3 Å². The lowest BCUT2D eigenvalue weighted by Crippen LogP contribution is -2.29. The van der Waals surface area contributed by atoms with Crippen LogP contribution in [-0.4, -0.2) is 41.5 Å². The van der Waals surface area contributed by atoms with E-state index in [1.54, 1.807) is 53.9 Å². The summed E-state index contributed by atoms with van der Waals surface area (Å²) in [5, 5.41) is 30.0. The molecule has 1 atom stereocenters. The lowest BCUT2D eigenvalue weighted by Gasteiger charge is -2.22. The number of aromatic nitrogens is 4. The number of fused-ring (bicyclic) bond motifs is 1. The smallest absolute Gasteiger partial charge is 0.301 e. The Kier molecular flexibility index (Phi) is 6.56. The molecule has 0 saturated carbocycles. The zero-order valence-corrected chi connectivity index (χ0v) is 22.5. The summed E-state index contributed by atoms with van der Waals surface area (Å²) < 4.78 is 15.4. The van der Waals surface area contributed by atoms with Gasteiger partial charge in [-0.05, 0) is 54.4 Å². The van der Waals surface area contributed by atoms with Gasteiger partial charge in [0.1, 0.15) is 22.9 Å². The molecule has 0 bridgehead atoms. The van der Waals surface area contributed by atoms with Crippen molar-refractivity contribution < 1.29 is 24.2 Å². The molecule has 1 amide bonds. The van der Waals surface area contributed by atoms with Crippen LogP contribution < -0.4 is 4.90 Å². The van der Waals surface area contributed by atoms with Crippen LogP contribution in [-0.2, 0) is 15.3 Å². The van der Waals surface area contributed by atoms with Gasteiger partial charge in [-0.2, -0.15) is 0 Å². The summed E-state index contributed by atoms with van der Waals surface area (Å²) in [6.07, 6.45) is 1.71. The Labute approximate surface area is 235 Å². The van der Waals surface area contributed by atoms with Crippen molar-refractivity contribution in [3.05, 3.63) is 107 Å². The van der Waals surface area contributed by atoms with Crippen molar-refractivity contribution >= 4 is 51.3 Å². The topological polar surface area (TPSA) is 121 Å². The van der Waals surface area contributed by atoms with Crippen LogP contribution in [0.5, 0.6) is 5.75 Å². The third-order valence-corrected chi connectivity index (χ3v) is 8.59. The molecule has 6 rings (SSSR count). The number of aliphatic hydroxyl groups excluding tert-OH is 1. The number of nitrogens with zero attached hydrogens (tertiary/aromatic N) is 5. The molecular weight excluding hydrogens is 553 g/mol. The second-order valence-electron chi connectivity index (χ2n) is 9.00. The van der Waals surface area contributed by atoms with Crippen LogP contribution in [0.2, 0.25) is 0 Å². The summed E-state index contributed by atoms with van der Waals surface area (Å²) in [6.45, 7) is 1.71. The number of carbonyl (C=O) groups excluding carboxylic acids is 2. The number of rotatable bonds is 6. The Morgan fingerprint density at radius 3 is 2.55 bits per heavy atom. The molecule has 40 heavy (non-hydrogen) atoms. The Balaban J connectivity index is 1.43. The van der Waals surface area contributed by atoms with Gasteiger partial charge in [-0.15, -0.1) is 10.2 Å². The van der Waals surface area contributed by atoms with E-state index >= 15 is 0 Å². The van der Waals surface area contributed by atoms with Crippen molar-refractivity contribution in [2.45, 2.75) is 23.1 Å². The number of hydrogen-bond donors (Lipinski definition) is 2. The molecule has 3 aromatic heterocycles. The van der Waals surface area contributed by atoms with Crippen LogP contribution in [0.25, 0.3) is 11.4 Å². The fourth-order valence-electron chi connectivity index (χ4n) is 4.61. The Morgan fingerprint density at radius 2 is 1.80 bits per heavy atom. The molecule has 1 saturated heterocycles. The lowest BCUT2D eigenvalue weighted by atomic mass is 9.96. The van der Waals surface area contributed by atoms with E-state index in [-0.39, 0.29) is 28.0 Å². The van der Waals surface area contributed by atoms with Crippen LogP contribution in [0.15, 0.2) is 82.8 Å². The number of phenolic OH excluding ortho intramolecular Hbond substituents is 1. The number of benzene rings is 2.